The van der Waals surface area contributed by atoms with E-state index < -0.39 is 17.5 Å². The largest absolute Gasteiger partial charge is 0.433 e. The number of hydrogen-bond donors (Lipinski definition) is 5. The van der Waals surface area contributed by atoms with E-state index in [1.807, 2.05) is 6.92 Å². The van der Waals surface area contributed by atoms with E-state index in [1.54, 1.807) is 0 Å². The van der Waals surface area contributed by atoms with Gasteiger partial charge in [-0.05, 0) is 39.0 Å². The molecule has 0 aromatic carbocycles. The molecule has 0 saturated carbocycles. The summed E-state index contributed by atoms with van der Waals surface area (Å²) >= 11 is 0. The number of anilines is 2. The van der Waals surface area contributed by atoms with Crippen molar-refractivity contribution in [3.63, 3.8) is 0 Å². The molecule has 1 fully saturated rings. The molecule has 9 nitrogen and oxygen atoms in total. The Morgan fingerprint density at radius 2 is 2.03 bits per heavy atom. The third kappa shape index (κ3) is 5.20. The Labute approximate surface area is 203 Å². The molecule has 2 aromatic heterocycles. The average molecular weight is 494 g/mol. The number of nitrogens with zero attached hydrogens (tertiary/aromatic N) is 4. The van der Waals surface area contributed by atoms with Crippen LogP contribution in [0.2, 0.25) is 0 Å². The SMILES string of the molecule is CCN1c2nc(CCNC3CCNC3)nc(CCN)c2N[C@]1(CCN)c1ccc(C(F)(F)F)nc1. The number of nitrogens with two attached hydrogens (primary N) is 2. The summed E-state index contributed by atoms with van der Waals surface area (Å²) in [6, 6.07) is 2.92. The predicted molar refractivity (Wildman–Crippen MR) is 129 cm³/mol. The lowest BCUT2D eigenvalue weighted by Crippen LogP contribution is -2.49. The summed E-state index contributed by atoms with van der Waals surface area (Å²) < 4.78 is 39.4. The highest BCUT2D eigenvalue weighted by molar-refractivity contribution is 5.77. The molecule has 4 heterocycles. The van der Waals surface area contributed by atoms with Gasteiger partial charge >= 0.3 is 6.18 Å². The van der Waals surface area contributed by atoms with Crippen molar-refractivity contribution in [1.29, 1.82) is 0 Å². The molecule has 4 rings (SSSR count). The molecule has 0 bridgehead atoms. The number of fused-ring (bicyclic) bond motifs is 1. The van der Waals surface area contributed by atoms with Gasteiger partial charge in [0.15, 0.2) is 5.82 Å². The molecule has 0 aliphatic carbocycles. The second-order valence-corrected chi connectivity index (χ2v) is 8.92. The highest BCUT2D eigenvalue weighted by Gasteiger charge is 2.46. The maximum Gasteiger partial charge on any atom is 0.433 e. The molecule has 2 aliphatic heterocycles. The van der Waals surface area contributed by atoms with E-state index in [4.69, 9.17) is 21.4 Å². The van der Waals surface area contributed by atoms with Gasteiger partial charge in [-0.1, -0.05) is 6.07 Å². The number of aromatic nitrogens is 3. The highest BCUT2D eigenvalue weighted by Crippen LogP contribution is 2.47. The Morgan fingerprint density at radius 1 is 1.20 bits per heavy atom. The number of nitrogens with one attached hydrogen (secondary N) is 3. The number of hydrogen-bond acceptors (Lipinski definition) is 9. The fourth-order valence-corrected chi connectivity index (χ4v) is 4.97. The topological polar surface area (TPSA) is 130 Å². The van der Waals surface area contributed by atoms with E-state index in [9.17, 15) is 13.2 Å². The minimum atomic E-state index is -4.51. The van der Waals surface area contributed by atoms with Crippen LogP contribution >= 0.6 is 0 Å². The summed E-state index contributed by atoms with van der Waals surface area (Å²) in [5, 5.41) is 10.4. The van der Waals surface area contributed by atoms with Gasteiger partial charge in [-0.15, -0.1) is 0 Å². The maximum absolute atomic E-state index is 13.1. The zero-order valence-electron chi connectivity index (χ0n) is 20.0. The Kier molecular flexibility index (Phi) is 7.74. The first-order chi connectivity index (χ1) is 16.8. The summed E-state index contributed by atoms with van der Waals surface area (Å²) in [4.78, 5) is 15.4. The van der Waals surface area contributed by atoms with Crippen LogP contribution in [0.4, 0.5) is 24.7 Å². The first-order valence-electron chi connectivity index (χ1n) is 12.2. The monoisotopic (exact) mass is 493 g/mol. The number of pyridine rings is 1. The Morgan fingerprint density at radius 3 is 2.63 bits per heavy atom. The summed E-state index contributed by atoms with van der Waals surface area (Å²) in [6.07, 6.45) is -0.488. The van der Waals surface area contributed by atoms with Gasteiger partial charge in [0.25, 0.3) is 0 Å². The molecule has 1 saturated heterocycles. The summed E-state index contributed by atoms with van der Waals surface area (Å²) in [5.74, 6) is 1.43. The van der Waals surface area contributed by atoms with Crippen LogP contribution < -0.4 is 32.3 Å². The molecule has 7 N–H and O–H groups in total. The van der Waals surface area contributed by atoms with E-state index in [2.05, 4.69) is 25.8 Å². The van der Waals surface area contributed by atoms with E-state index in [0.717, 1.165) is 49.3 Å². The van der Waals surface area contributed by atoms with Crippen LogP contribution in [0.1, 0.15) is 42.5 Å². The quantitative estimate of drug-likeness (QED) is 0.333. The van der Waals surface area contributed by atoms with Crippen LogP contribution in [0, 0.1) is 0 Å². The molecule has 0 radical (unpaired) electrons. The minimum Gasteiger partial charge on any atom is -0.354 e. The molecule has 35 heavy (non-hydrogen) atoms. The molecule has 12 heteroatoms. The van der Waals surface area contributed by atoms with Gasteiger partial charge in [-0.3, -0.25) is 4.98 Å². The lowest BCUT2D eigenvalue weighted by Gasteiger charge is -2.39. The van der Waals surface area contributed by atoms with E-state index >= 15 is 0 Å². The zero-order chi connectivity index (χ0) is 25.1. The molecule has 192 valence electrons. The third-order valence-corrected chi connectivity index (χ3v) is 6.64. The van der Waals surface area contributed by atoms with Crippen molar-refractivity contribution in [2.45, 2.75) is 50.5 Å². The summed E-state index contributed by atoms with van der Waals surface area (Å²) in [6.45, 7) is 6.00. The van der Waals surface area contributed by atoms with Crippen molar-refractivity contribution >= 4 is 11.5 Å². The number of rotatable bonds is 10. The van der Waals surface area contributed by atoms with Crippen LogP contribution in [-0.4, -0.2) is 60.3 Å². The summed E-state index contributed by atoms with van der Waals surface area (Å²) in [7, 11) is 0. The molecule has 2 aromatic rings. The van der Waals surface area contributed by atoms with Crippen LogP contribution in [0.3, 0.4) is 0 Å². The lowest BCUT2D eigenvalue weighted by molar-refractivity contribution is -0.141. The molecule has 2 atom stereocenters. The van der Waals surface area contributed by atoms with Gasteiger partial charge in [0, 0.05) is 56.7 Å². The van der Waals surface area contributed by atoms with Crippen LogP contribution in [-0.2, 0) is 24.7 Å². The first-order valence-corrected chi connectivity index (χ1v) is 12.2. The van der Waals surface area contributed by atoms with E-state index in [1.165, 1.54) is 12.3 Å². The van der Waals surface area contributed by atoms with Crippen LogP contribution in [0.25, 0.3) is 0 Å². The lowest BCUT2D eigenvalue weighted by atomic mass is 9.95. The van der Waals surface area contributed by atoms with Crippen molar-refractivity contribution in [2.75, 3.05) is 49.5 Å². The second kappa shape index (κ2) is 10.6. The van der Waals surface area contributed by atoms with Crippen LogP contribution in [0.15, 0.2) is 18.3 Å². The smallest absolute Gasteiger partial charge is 0.354 e. The van der Waals surface area contributed by atoms with Crippen LogP contribution in [0.5, 0.6) is 0 Å². The minimum absolute atomic E-state index is 0.310. The molecule has 0 amide bonds. The molecule has 2 aliphatic rings. The molecule has 0 spiro atoms. The van der Waals surface area contributed by atoms with Gasteiger partial charge in [-0.2, -0.15) is 13.2 Å². The Hall–Kier alpha value is -2.54. The highest BCUT2D eigenvalue weighted by atomic mass is 19.4. The van der Waals surface area contributed by atoms with Crippen molar-refractivity contribution in [3.05, 3.63) is 41.1 Å². The van der Waals surface area contributed by atoms with E-state index in [-0.39, 0.29) is 0 Å². The molecular formula is C23H34F3N9. The Bertz CT molecular complexity index is 993. The van der Waals surface area contributed by atoms with Crippen molar-refractivity contribution in [1.82, 2.24) is 25.6 Å². The predicted octanol–water partition coefficient (Wildman–Crippen LogP) is 1.34. The van der Waals surface area contributed by atoms with Gasteiger partial charge < -0.3 is 32.3 Å². The van der Waals surface area contributed by atoms with Gasteiger partial charge in [-0.25, -0.2) is 9.97 Å². The van der Waals surface area contributed by atoms with E-state index in [0.29, 0.717) is 56.3 Å². The third-order valence-electron chi connectivity index (χ3n) is 6.64. The fraction of sp³-hybridized carbons (Fsp3) is 0.609. The number of halogens is 3. The standard InChI is InChI=1S/C23H34F3N9/c1-2-35-21-20(17(5-9-27)32-19(33-21)7-12-30-16-6-11-29-14-16)34-22(35,8-10-28)15-3-4-18(31-13-15)23(24,25)26/h3-4,13,16,29-30,34H,2,5-12,14,27-28H2,1H3/t16?,22-/m0/s1. The van der Waals surface area contributed by atoms with Gasteiger partial charge in [0.2, 0.25) is 0 Å². The zero-order valence-corrected chi connectivity index (χ0v) is 20.0. The molecular weight excluding hydrogens is 459 g/mol. The average Bonchev–Trinajstić information content (AvgIpc) is 3.45. The van der Waals surface area contributed by atoms with Gasteiger partial charge in [0.05, 0.1) is 5.69 Å². The van der Waals surface area contributed by atoms with Crippen molar-refractivity contribution < 1.29 is 13.2 Å². The number of alkyl halides is 3. The summed E-state index contributed by atoms with van der Waals surface area (Å²) in [5.41, 5.74) is 12.2. The first kappa shape index (κ1) is 25.5. The van der Waals surface area contributed by atoms with Crippen molar-refractivity contribution in [3.8, 4) is 0 Å². The van der Waals surface area contributed by atoms with Gasteiger partial charge in [0.1, 0.15) is 22.9 Å². The Balaban J connectivity index is 1.67. The maximum atomic E-state index is 13.1. The second-order valence-electron chi connectivity index (χ2n) is 8.92. The van der Waals surface area contributed by atoms with Crippen molar-refractivity contribution in [2.24, 2.45) is 11.5 Å². The fourth-order valence-electron chi connectivity index (χ4n) is 4.97. The normalized spacial score (nSPS) is 21.9. The molecule has 1 unspecified atom stereocenters.